The Hall–Kier alpha value is -4.27. The van der Waals surface area contributed by atoms with Gasteiger partial charge in [0.1, 0.15) is 17.3 Å². The van der Waals surface area contributed by atoms with E-state index in [1.807, 2.05) is 0 Å². The first kappa shape index (κ1) is 23.5. The average molecular weight is 495 g/mol. The summed E-state index contributed by atoms with van der Waals surface area (Å²) >= 11 is 0. The third-order valence-corrected chi connectivity index (χ3v) is 6.29. The van der Waals surface area contributed by atoms with Crippen LogP contribution in [-0.4, -0.2) is 28.5 Å². The van der Waals surface area contributed by atoms with Gasteiger partial charge in [-0.1, -0.05) is 12.1 Å². The van der Waals surface area contributed by atoms with Crippen molar-refractivity contribution in [2.45, 2.75) is 25.1 Å². The lowest BCUT2D eigenvalue weighted by atomic mass is 9.93. The highest BCUT2D eigenvalue weighted by molar-refractivity contribution is 6.51. The SMILES string of the molecule is O=C1C(=O)N(c2ccc(C(F)(F)F)cc2)C(c2cccc(O)c2)/C1=C(/O)c1ccc2c(c1)CCCO2. The second-order valence-corrected chi connectivity index (χ2v) is 8.58. The minimum atomic E-state index is -4.58. The maximum Gasteiger partial charge on any atom is 0.416 e. The van der Waals surface area contributed by atoms with Crippen molar-refractivity contribution in [1.82, 2.24) is 0 Å². The van der Waals surface area contributed by atoms with E-state index in [4.69, 9.17) is 4.74 Å². The summed E-state index contributed by atoms with van der Waals surface area (Å²) in [6.45, 7) is 0.577. The number of hydrogen-bond donors (Lipinski definition) is 2. The Morgan fingerprint density at radius 1 is 1.00 bits per heavy atom. The summed E-state index contributed by atoms with van der Waals surface area (Å²) in [5.74, 6) is -1.89. The maximum absolute atomic E-state index is 13.2. The topological polar surface area (TPSA) is 87.1 Å². The van der Waals surface area contributed by atoms with Gasteiger partial charge in [-0.05, 0) is 78.6 Å². The molecule has 3 aromatic carbocycles. The highest BCUT2D eigenvalue weighted by Gasteiger charge is 2.47. The lowest BCUT2D eigenvalue weighted by molar-refractivity contribution is -0.137. The van der Waals surface area contributed by atoms with E-state index in [1.54, 1.807) is 24.3 Å². The first-order valence-electron chi connectivity index (χ1n) is 11.2. The number of aliphatic hydroxyl groups excluding tert-OH is 1. The summed E-state index contributed by atoms with van der Waals surface area (Å²) in [5, 5.41) is 21.3. The molecular formula is C27H20F3NO5. The Labute approximate surface area is 203 Å². The van der Waals surface area contributed by atoms with Crippen LogP contribution in [-0.2, 0) is 22.2 Å². The van der Waals surface area contributed by atoms with E-state index in [0.29, 0.717) is 29.9 Å². The predicted molar refractivity (Wildman–Crippen MR) is 125 cm³/mol. The number of rotatable bonds is 3. The van der Waals surface area contributed by atoms with E-state index in [2.05, 4.69) is 0 Å². The lowest BCUT2D eigenvalue weighted by Gasteiger charge is -2.26. The molecule has 0 aromatic heterocycles. The molecule has 2 aliphatic rings. The van der Waals surface area contributed by atoms with Gasteiger partial charge in [-0.3, -0.25) is 14.5 Å². The van der Waals surface area contributed by atoms with Gasteiger partial charge in [0.15, 0.2) is 0 Å². The van der Waals surface area contributed by atoms with Gasteiger partial charge in [-0.15, -0.1) is 0 Å². The number of phenolic OH excluding ortho intramolecular Hbond substituents is 1. The molecule has 2 aliphatic heterocycles. The molecule has 2 heterocycles. The summed E-state index contributed by atoms with van der Waals surface area (Å²) in [6, 6.07) is 13.4. The van der Waals surface area contributed by atoms with Gasteiger partial charge in [-0.25, -0.2) is 0 Å². The van der Waals surface area contributed by atoms with E-state index in [1.165, 1.54) is 18.2 Å². The molecule has 0 aliphatic carbocycles. The average Bonchev–Trinajstić information content (AvgIpc) is 3.13. The largest absolute Gasteiger partial charge is 0.508 e. The number of ether oxygens (including phenoxy) is 1. The number of aryl methyl sites for hydroxylation is 1. The van der Waals surface area contributed by atoms with E-state index in [0.717, 1.165) is 41.1 Å². The molecule has 1 unspecified atom stereocenters. The zero-order valence-corrected chi connectivity index (χ0v) is 18.7. The van der Waals surface area contributed by atoms with Crippen LogP contribution in [0.25, 0.3) is 5.76 Å². The van der Waals surface area contributed by atoms with Crippen LogP contribution in [0, 0.1) is 0 Å². The predicted octanol–water partition coefficient (Wildman–Crippen LogP) is 5.36. The van der Waals surface area contributed by atoms with Crippen LogP contribution < -0.4 is 9.64 Å². The summed E-state index contributed by atoms with van der Waals surface area (Å²) in [5.41, 5.74) is 0.342. The fourth-order valence-corrected chi connectivity index (χ4v) is 4.58. The monoisotopic (exact) mass is 495 g/mol. The molecule has 3 aromatic rings. The second kappa shape index (κ2) is 8.75. The Morgan fingerprint density at radius 2 is 1.75 bits per heavy atom. The number of benzene rings is 3. The van der Waals surface area contributed by atoms with Gasteiger partial charge >= 0.3 is 6.18 Å². The molecular weight excluding hydrogens is 475 g/mol. The molecule has 0 radical (unpaired) electrons. The molecule has 5 rings (SSSR count). The molecule has 0 spiro atoms. The smallest absolute Gasteiger partial charge is 0.416 e. The summed E-state index contributed by atoms with van der Waals surface area (Å²) < 4.78 is 44.9. The van der Waals surface area contributed by atoms with Crippen LogP contribution in [0.4, 0.5) is 18.9 Å². The zero-order valence-electron chi connectivity index (χ0n) is 18.7. The van der Waals surface area contributed by atoms with Crippen molar-refractivity contribution in [3.8, 4) is 11.5 Å². The Bertz CT molecular complexity index is 1400. The molecule has 1 atom stereocenters. The molecule has 6 nitrogen and oxygen atoms in total. The molecule has 0 saturated carbocycles. The quantitative estimate of drug-likeness (QED) is 0.290. The number of aliphatic hydroxyl groups is 1. The van der Waals surface area contributed by atoms with Gasteiger partial charge < -0.3 is 14.9 Å². The summed E-state index contributed by atoms with van der Waals surface area (Å²) in [4.78, 5) is 27.4. The highest BCUT2D eigenvalue weighted by Crippen LogP contribution is 2.44. The van der Waals surface area contributed by atoms with Gasteiger partial charge in [0.2, 0.25) is 0 Å². The molecule has 1 saturated heterocycles. The van der Waals surface area contributed by atoms with Crippen molar-refractivity contribution in [1.29, 1.82) is 0 Å². The Morgan fingerprint density at radius 3 is 2.44 bits per heavy atom. The van der Waals surface area contributed by atoms with Crippen molar-refractivity contribution in [3.05, 3.63) is 94.6 Å². The summed E-state index contributed by atoms with van der Waals surface area (Å²) in [6.07, 6.45) is -3.07. The number of amides is 1. The van der Waals surface area contributed by atoms with E-state index in [9.17, 15) is 33.0 Å². The number of phenols is 1. The van der Waals surface area contributed by atoms with Crippen LogP contribution in [0.2, 0.25) is 0 Å². The van der Waals surface area contributed by atoms with Gasteiger partial charge in [0, 0.05) is 11.3 Å². The van der Waals surface area contributed by atoms with Crippen LogP contribution >= 0.6 is 0 Å². The number of carbonyl (C=O) groups is 2. The maximum atomic E-state index is 13.2. The van der Waals surface area contributed by atoms with Crippen LogP contribution in [0.15, 0.2) is 72.3 Å². The number of carbonyl (C=O) groups excluding carboxylic acids is 2. The standard InChI is InChI=1S/C27H20F3NO5/c28-27(29,30)18-7-9-19(10-8-18)31-23(16-3-1-5-20(32)14-16)22(25(34)26(31)35)24(33)17-6-11-21-15(13-17)4-2-12-36-21/h1,3,5-11,13-14,23,32-33H,2,4,12H2/b24-22-. The molecule has 36 heavy (non-hydrogen) atoms. The lowest BCUT2D eigenvalue weighted by Crippen LogP contribution is -2.29. The number of Topliss-reactive ketones (excluding diaryl/α,β-unsaturated/α-hetero) is 1. The fraction of sp³-hybridized carbons (Fsp3) is 0.185. The van der Waals surface area contributed by atoms with Gasteiger partial charge in [0.25, 0.3) is 11.7 Å². The van der Waals surface area contributed by atoms with E-state index in [-0.39, 0.29) is 17.0 Å². The number of nitrogens with zero attached hydrogens (tertiary/aromatic N) is 1. The molecule has 1 amide bonds. The van der Waals surface area contributed by atoms with Crippen LogP contribution in [0.5, 0.6) is 11.5 Å². The third-order valence-electron chi connectivity index (χ3n) is 6.29. The van der Waals surface area contributed by atoms with Crippen LogP contribution in [0.3, 0.4) is 0 Å². The minimum Gasteiger partial charge on any atom is -0.508 e. The molecule has 184 valence electrons. The van der Waals surface area contributed by atoms with Crippen molar-refractivity contribution in [2.24, 2.45) is 0 Å². The molecule has 2 N–H and O–H groups in total. The number of hydrogen-bond acceptors (Lipinski definition) is 5. The fourth-order valence-electron chi connectivity index (χ4n) is 4.58. The molecule has 9 heteroatoms. The zero-order chi connectivity index (χ0) is 25.6. The number of alkyl halides is 3. The van der Waals surface area contributed by atoms with E-state index >= 15 is 0 Å². The van der Waals surface area contributed by atoms with E-state index < -0.39 is 35.2 Å². The Kier molecular flexibility index (Phi) is 5.70. The summed E-state index contributed by atoms with van der Waals surface area (Å²) in [7, 11) is 0. The normalized spacial score (nSPS) is 19.2. The van der Waals surface area contributed by atoms with Gasteiger partial charge in [0.05, 0.1) is 23.8 Å². The van der Waals surface area contributed by atoms with Gasteiger partial charge in [-0.2, -0.15) is 13.2 Å². The number of anilines is 1. The highest BCUT2D eigenvalue weighted by atomic mass is 19.4. The van der Waals surface area contributed by atoms with Crippen molar-refractivity contribution in [3.63, 3.8) is 0 Å². The van der Waals surface area contributed by atoms with Crippen molar-refractivity contribution in [2.75, 3.05) is 11.5 Å². The van der Waals surface area contributed by atoms with Crippen LogP contribution in [0.1, 0.15) is 34.7 Å². The second-order valence-electron chi connectivity index (χ2n) is 8.58. The minimum absolute atomic E-state index is 0.0383. The number of ketones is 1. The van der Waals surface area contributed by atoms with Crippen molar-refractivity contribution >= 4 is 23.1 Å². The first-order chi connectivity index (χ1) is 17.1. The number of fused-ring (bicyclic) bond motifs is 1. The number of halogens is 3. The molecule has 0 bridgehead atoms. The first-order valence-corrected chi connectivity index (χ1v) is 11.2. The van der Waals surface area contributed by atoms with Crippen molar-refractivity contribution < 1.29 is 37.7 Å². The number of aromatic hydroxyl groups is 1. The third kappa shape index (κ3) is 4.06. The molecule has 1 fully saturated rings. The Balaban J connectivity index is 1.67.